The Balaban J connectivity index is 3.28. The van der Waals surface area contributed by atoms with Gasteiger partial charge in [0.1, 0.15) is 5.82 Å². The minimum Gasteiger partial charge on any atom is -0.423 e. The summed E-state index contributed by atoms with van der Waals surface area (Å²) in [5.74, 6) is -1.01. The van der Waals surface area contributed by atoms with Gasteiger partial charge in [0, 0.05) is 0 Å². The fourth-order valence-corrected chi connectivity index (χ4v) is 1.13. The molecule has 1 rings (SSSR count). The van der Waals surface area contributed by atoms with E-state index in [4.69, 9.17) is 10.0 Å². The SMILES string of the molecule is Cc1cc(B(O)O)cc(C(F)F)c1F. The van der Waals surface area contributed by atoms with E-state index in [0.29, 0.717) is 0 Å². The third-order valence-corrected chi connectivity index (χ3v) is 1.84. The lowest BCUT2D eigenvalue weighted by atomic mass is 9.78. The van der Waals surface area contributed by atoms with E-state index in [0.717, 1.165) is 12.1 Å². The number of rotatable bonds is 2. The average molecular weight is 204 g/mol. The van der Waals surface area contributed by atoms with Gasteiger partial charge < -0.3 is 10.0 Å². The molecular formula is C8H8BF3O2. The molecule has 0 amide bonds. The van der Waals surface area contributed by atoms with Crippen LogP contribution in [0.5, 0.6) is 0 Å². The van der Waals surface area contributed by atoms with E-state index < -0.39 is 24.9 Å². The van der Waals surface area contributed by atoms with Gasteiger partial charge in [0.15, 0.2) is 0 Å². The van der Waals surface area contributed by atoms with Gasteiger partial charge in [-0.3, -0.25) is 0 Å². The number of benzene rings is 1. The molecule has 0 heterocycles. The Bertz CT molecular complexity index is 342. The van der Waals surface area contributed by atoms with Gasteiger partial charge in [-0.1, -0.05) is 12.1 Å². The van der Waals surface area contributed by atoms with Crippen LogP contribution in [0.1, 0.15) is 17.6 Å². The molecule has 1 aromatic carbocycles. The maximum atomic E-state index is 13.1. The largest absolute Gasteiger partial charge is 0.488 e. The first-order valence-corrected chi connectivity index (χ1v) is 3.87. The van der Waals surface area contributed by atoms with E-state index in [2.05, 4.69) is 0 Å². The van der Waals surface area contributed by atoms with Gasteiger partial charge in [-0.15, -0.1) is 0 Å². The maximum Gasteiger partial charge on any atom is 0.488 e. The molecule has 0 unspecified atom stereocenters. The highest BCUT2D eigenvalue weighted by Crippen LogP contribution is 2.22. The molecule has 0 aromatic heterocycles. The Morgan fingerprint density at radius 3 is 2.29 bits per heavy atom. The van der Waals surface area contributed by atoms with Crippen LogP contribution in [0.2, 0.25) is 0 Å². The smallest absolute Gasteiger partial charge is 0.423 e. The summed E-state index contributed by atoms with van der Waals surface area (Å²) in [6.45, 7) is 1.28. The Labute approximate surface area is 79.1 Å². The molecule has 0 bridgehead atoms. The average Bonchev–Trinajstić information content (AvgIpc) is 2.08. The number of aryl methyl sites for hydroxylation is 1. The molecule has 0 aliphatic carbocycles. The first-order valence-electron chi connectivity index (χ1n) is 3.87. The van der Waals surface area contributed by atoms with Gasteiger partial charge in [0.2, 0.25) is 0 Å². The molecule has 0 spiro atoms. The zero-order chi connectivity index (χ0) is 10.9. The van der Waals surface area contributed by atoms with Gasteiger partial charge >= 0.3 is 7.12 Å². The second-order valence-electron chi connectivity index (χ2n) is 2.92. The van der Waals surface area contributed by atoms with Crippen molar-refractivity contribution in [3.8, 4) is 0 Å². The van der Waals surface area contributed by atoms with E-state index >= 15 is 0 Å². The summed E-state index contributed by atoms with van der Waals surface area (Å²) in [6.07, 6.45) is -2.97. The fraction of sp³-hybridized carbons (Fsp3) is 0.250. The van der Waals surface area contributed by atoms with Crippen LogP contribution in [0.25, 0.3) is 0 Å². The lowest BCUT2D eigenvalue weighted by molar-refractivity contribution is 0.146. The number of halogens is 3. The van der Waals surface area contributed by atoms with Gasteiger partial charge in [0.05, 0.1) is 5.56 Å². The summed E-state index contributed by atoms with van der Waals surface area (Å²) in [4.78, 5) is 0. The molecule has 0 atom stereocenters. The lowest BCUT2D eigenvalue weighted by Gasteiger charge is -2.08. The van der Waals surface area contributed by atoms with Crippen molar-refractivity contribution in [2.45, 2.75) is 13.3 Å². The molecule has 6 heteroatoms. The topological polar surface area (TPSA) is 40.5 Å². The summed E-state index contributed by atoms with van der Waals surface area (Å²) in [5, 5.41) is 17.5. The Morgan fingerprint density at radius 1 is 1.29 bits per heavy atom. The van der Waals surface area contributed by atoms with Crippen molar-refractivity contribution in [1.82, 2.24) is 0 Å². The molecule has 0 aliphatic heterocycles. The molecule has 2 nitrogen and oxygen atoms in total. The van der Waals surface area contributed by atoms with E-state index in [1.165, 1.54) is 6.92 Å². The molecule has 0 saturated carbocycles. The monoisotopic (exact) mass is 204 g/mol. The minimum atomic E-state index is -2.97. The van der Waals surface area contributed by atoms with E-state index in [1.54, 1.807) is 0 Å². The molecule has 2 N–H and O–H groups in total. The normalized spacial score (nSPS) is 10.8. The van der Waals surface area contributed by atoms with Crippen molar-refractivity contribution in [2.75, 3.05) is 0 Å². The summed E-state index contributed by atoms with van der Waals surface area (Å²) >= 11 is 0. The Morgan fingerprint density at radius 2 is 1.86 bits per heavy atom. The zero-order valence-corrected chi connectivity index (χ0v) is 7.34. The van der Waals surface area contributed by atoms with Crippen molar-refractivity contribution in [3.63, 3.8) is 0 Å². The van der Waals surface area contributed by atoms with Crippen molar-refractivity contribution in [3.05, 3.63) is 29.1 Å². The fourth-order valence-electron chi connectivity index (χ4n) is 1.13. The number of alkyl halides is 2. The predicted octanol–water partition coefficient (Wildman–Crippen LogP) is 0.752. The molecule has 0 radical (unpaired) electrons. The Kier molecular flexibility index (Phi) is 3.18. The highest BCUT2D eigenvalue weighted by Gasteiger charge is 2.20. The van der Waals surface area contributed by atoms with Crippen LogP contribution in [-0.4, -0.2) is 17.2 Å². The first-order chi connectivity index (χ1) is 6.43. The van der Waals surface area contributed by atoms with Crippen LogP contribution < -0.4 is 5.46 Å². The maximum absolute atomic E-state index is 13.1. The van der Waals surface area contributed by atoms with Crippen molar-refractivity contribution in [2.24, 2.45) is 0 Å². The number of hydrogen-bond donors (Lipinski definition) is 2. The molecule has 1 aromatic rings. The molecule has 0 fully saturated rings. The van der Waals surface area contributed by atoms with E-state index in [9.17, 15) is 13.2 Å². The zero-order valence-electron chi connectivity index (χ0n) is 7.34. The second-order valence-corrected chi connectivity index (χ2v) is 2.92. The highest BCUT2D eigenvalue weighted by atomic mass is 19.3. The summed E-state index contributed by atoms with van der Waals surface area (Å²) in [5.41, 5.74) is -0.988. The third kappa shape index (κ3) is 2.08. The van der Waals surface area contributed by atoms with Crippen LogP contribution in [0, 0.1) is 12.7 Å². The number of hydrogen-bond acceptors (Lipinski definition) is 2. The molecule has 76 valence electrons. The summed E-state index contributed by atoms with van der Waals surface area (Å²) in [7, 11) is -1.87. The second kappa shape index (κ2) is 4.02. The summed E-state index contributed by atoms with van der Waals surface area (Å²) < 4.78 is 37.5. The first kappa shape index (κ1) is 11.1. The predicted molar refractivity (Wildman–Crippen MR) is 45.9 cm³/mol. The van der Waals surface area contributed by atoms with Crippen molar-refractivity contribution >= 4 is 12.6 Å². The van der Waals surface area contributed by atoms with E-state index in [-0.39, 0.29) is 11.0 Å². The Hall–Kier alpha value is -1.01. The van der Waals surface area contributed by atoms with Crippen LogP contribution in [0.3, 0.4) is 0 Å². The van der Waals surface area contributed by atoms with Crippen LogP contribution >= 0.6 is 0 Å². The third-order valence-electron chi connectivity index (χ3n) is 1.84. The van der Waals surface area contributed by atoms with E-state index in [1.807, 2.05) is 0 Å². The summed E-state index contributed by atoms with van der Waals surface area (Å²) in [6, 6.07) is 1.86. The van der Waals surface area contributed by atoms with Crippen molar-refractivity contribution < 1.29 is 23.2 Å². The molecule has 0 saturated heterocycles. The lowest BCUT2D eigenvalue weighted by Crippen LogP contribution is -2.31. The molecule has 0 aliphatic rings. The van der Waals surface area contributed by atoms with Gasteiger partial charge in [-0.2, -0.15) is 0 Å². The molecular weight excluding hydrogens is 196 g/mol. The van der Waals surface area contributed by atoms with Gasteiger partial charge in [-0.05, 0) is 17.9 Å². The van der Waals surface area contributed by atoms with Crippen molar-refractivity contribution in [1.29, 1.82) is 0 Å². The minimum absolute atomic E-state index is 0.0362. The highest BCUT2D eigenvalue weighted by molar-refractivity contribution is 6.58. The molecule has 14 heavy (non-hydrogen) atoms. The standard InChI is InChI=1S/C8H8BF3O2/c1-4-2-5(9(13)14)3-6(7(4)10)8(11)12/h2-3,8,13-14H,1H3. The van der Waals surface area contributed by atoms with Crippen LogP contribution in [0.15, 0.2) is 12.1 Å². The quantitative estimate of drug-likeness (QED) is 0.697. The van der Waals surface area contributed by atoms with Gasteiger partial charge in [0.25, 0.3) is 6.43 Å². The van der Waals surface area contributed by atoms with Crippen LogP contribution in [-0.2, 0) is 0 Å². The van der Waals surface area contributed by atoms with Crippen LogP contribution in [0.4, 0.5) is 13.2 Å². The van der Waals surface area contributed by atoms with Gasteiger partial charge in [-0.25, -0.2) is 13.2 Å².